The van der Waals surface area contributed by atoms with Crippen LogP contribution < -0.4 is 0 Å². The van der Waals surface area contributed by atoms with Crippen LogP contribution in [0.5, 0.6) is 0 Å². The second-order valence-electron chi connectivity index (χ2n) is 1.51. The molecule has 10 heavy (non-hydrogen) atoms. The Labute approximate surface area is 70.0 Å². The van der Waals surface area contributed by atoms with Gasteiger partial charge in [0.1, 0.15) is 0 Å². The van der Waals surface area contributed by atoms with E-state index in [0.29, 0.717) is 0 Å². The smallest absolute Gasteiger partial charge is 0.0267 e. The van der Waals surface area contributed by atoms with Crippen LogP contribution in [0.2, 0.25) is 0 Å². The number of halogens is 1. The van der Waals surface area contributed by atoms with E-state index in [4.69, 9.17) is 0 Å². The van der Waals surface area contributed by atoms with E-state index in [1.807, 2.05) is 25.2 Å². The summed E-state index contributed by atoms with van der Waals surface area (Å²) in [5.74, 6) is 0. The molecule has 0 heterocycles. The van der Waals surface area contributed by atoms with E-state index < -0.39 is 0 Å². The number of rotatable bonds is 3. The van der Waals surface area contributed by atoms with Gasteiger partial charge in [-0.1, -0.05) is 28.6 Å². The predicted molar refractivity (Wildman–Crippen MR) is 50.5 cm³/mol. The number of hydrogen-bond acceptors (Lipinski definition) is 1. The summed E-state index contributed by atoms with van der Waals surface area (Å²) in [6, 6.07) is 0. The van der Waals surface area contributed by atoms with E-state index in [9.17, 15) is 0 Å². The van der Waals surface area contributed by atoms with E-state index >= 15 is 0 Å². The van der Waals surface area contributed by atoms with Gasteiger partial charge in [0.25, 0.3) is 0 Å². The fraction of sp³-hybridized carbons (Fsp3) is 0.125. The number of aliphatic imine (C=N–C) groups is 1. The first kappa shape index (κ1) is 9.37. The minimum Gasteiger partial charge on any atom is -0.265 e. The molecule has 0 saturated heterocycles. The molecule has 0 aromatic carbocycles. The standard InChI is InChI=1S/C8H10BrN/c1-3-8(9)6-5-7-10-4-2/h3-7H,2H2,1H3/b6-5-,8-3-,10-7?. The summed E-state index contributed by atoms with van der Waals surface area (Å²) in [7, 11) is 0. The van der Waals surface area contributed by atoms with Gasteiger partial charge in [0.05, 0.1) is 0 Å². The topological polar surface area (TPSA) is 12.4 Å². The van der Waals surface area contributed by atoms with Crippen LogP contribution in [-0.2, 0) is 0 Å². The van der Waals surface area contributed by atoms with Crippen LogP contribution in [0.15, 0.2) is 40.5 Å². The van der Waals surface area contributed by atoms with Crippen LogP contribution in [0.3, 0.4) is 0 Å². The van der Waals surface area contributed by atoms with Gasteiger partial charge in [-0.2, -0.15) is 0 Å². The average Bonchev–Trinajstić information content (AvgIpc) is 1.98. The molecular formula is C8H10BrN. The molecule has 54 valence electrons. The minimum absolute atomic E-state index is 1.04. The molecule has 1 nitrogen and oxygen atoms in total. The van der Waals surface area contributed by atoms with Gasteiger partial charge >= 0.3 is 0 Å². The lowest BCUT2D eigenvalue weighted by atomic mass is 10.4. The van der Waals surface area contributed by atoms with Gasteiger partial charge in [-0.3, -0.25) is 4.99 Å². The highest BCUT2D eigenvalue weighted by Gasteiger charge is 1.74. The van der Waals surface area contributed by atoms with E-state index in [2.05, 4.69) is 27.5 Å². The lowest BCUT2D eigenvalue weighted by Crippen LogP contribution is -1.62. The molecule has 0 amide bonds. The van der Waals surface area contributed by atoms with Crippen molar-refractivity contribution in [1.29, 1.82) is 0 Å². The van der Waals surface area contributed by atoms with Crippen molar-refractivity contribution in [3.63, 3.8) is 0 Å². The first-order valence-electron chi connectivity index (χ1n) is 2.93. The largest absolute Gasteiger partial charge is 0.265 e. The maximum Gasteiger partial charge on any atom is 0.0267 e. The molecule has 0 aromatic heterocycles. The summed E-state index contributed by atoms with van der Waals surface area (Å²) in [6.07, 6.45) is 8.88. The van der Waals surface area contributed by atoms with Gasteiger partial charge in [-0.25, -0.2) is 0 Å². The van der Waals surface area contributed by atoms with Gasteiger partial charge < -0.3 is 0 Å². The molecule has 0 atom stereocenters. The molecule has 2 heteroatoms. The van der Waals surface area contributed by atoms with Crippen LogP contribution in [-0.4, -0.2) is 6.21 Å². The zero-order valence-electron chi connectivity index (χ0n) is 5.92. The molecule has 0 aromatic rings. The summed E-state index contributed by atoms with van der Waals surface area (Å²) in [5, 5.41) is 0. The van der Waals surface area contributed by atoms with E-state index in [1.54, 1.807) is 6.21 Å². The fourth-order valence-corrected chi connectivity index (χ4v) is 0.494. The first-order chi connectivity index (χ1) is 4.81. The first-order valence-corrected chi connectivity index (χ1v) is 3.73. The zero-order chi connectivity index (χ0) is 7.82. The van der Waals surface area contributed by atoms with Crippen molar-refractivity contribution in [2.45, 2.75) is 6.92 Å². The SMILES string of the molecule is C=CN=C/C=C\C(Br)=C\C. The fourth-order valence-electron chi connectivity index (χ4n) is 0.342. The Morgan fingerprint density at radius 3 is 2.80 bits per heavy atom. The summed E-state index contributed by atoms with van der Waals surface area (Å²) in [4.78, 5) is 3.78. The molecule has 0 rings (SSSR count). The third-order valence-corrected chi connectivity index (χ3v) is 1.53. The quantitative estimate of drug-likeness (QED) is 0.490. The molecule has 0 bridgehead atoms. The van der Waals surface area contributed by atoms with Gasteiger partial charge in [-0.15, -0.1) is 0 Å². The molecule has 0 unspecified atom stereocenters. The van der Waals surface area contributed by atoms with Gasteiger partial charge in [0, 0.05) is 16.9 Å². The van der Waals surface area contributed by atoms with Crippen LogP contribution in [0, 0.1) is 0 Å². The Hall–Kier alpha value is -0.630. The van der Waals surface area contributed by atoms with Gasteiger partial charge in [0.15, 0.2) is 0 Å². The van der Waals surface area contributed by atoms with Crippen molar-refractivity contribution in [2.24, 2.45) is 4.99 Å². The lowest BCUT2D eigenvalue weighted by Gasteiger charge is -1.80. The second-order valence-corrected chi connectivity index (χ2v) is 2.43. The monoisotopic (exact) mass is 199 g/mol. The van der Waals surface area contributed by atoms with E-state index in [-0.39, 0.29) is 0 Å². The van der Waals surface area contributed by atoms with Crippen molar-refractivity contribution < 1.29 is 0 Å². The summed E-state index contributed by atoms with van der Waals surface area (Å²) in [5.41, 5.74) is 0. The van der Waals surface area contributed by atoms with Crippen LogP contribution >= 0.6 is 15.9 Å². The Balaban J connectivity index is 3.77. The summed E-state index contributed by atoms with van der Waals surface area (Å²) < 4.78 is 1.04. The highest BCUT2D eigenvalue weighted by atomic mass is 79.9. The van der Waals surface area contributed by atoms with Crippen molar-refractivity contribution >= 4 is 22.1 Å². The van der Waals surface area contributed by atoms with Crippen molar-refractivity contribution in [2.75, 3.05) is 0 Å². The van der Waals surface area contributed by atoms with Crippen LogP contribution in [0.4, 0.5) is 0 Å². The summed E-state index contributed by atoms with van der Waals surface area (Å²) in [6.45, 7) is 5.40. The van der Waals surface area contributed by atoms with Gasteiger partial charge in [-0.05, 0) is 19.1 Å². The molecular weight excluding hydrogens is 190 g/mol. The Bertz CT molecular complexity index is 178. The molecule has 0 aliphatic rings. The molecule has 0 aliphatic carbocycles. The molecule has 0 fully saturated rings. The van der Waals surface area contributed by atoms with Crippen LogP contribution in [0.1, 0.15) is 6.92 Å². The summed E-state index contributed by atoms with van der Waals surface area (Å²) >= 11 is 3.32. The third kappa shape index (κ3) is 5.51. The predicted octanol–water partition coefficient (Wildman–Crippen LogP) is 3.06. The third-order valence-electron chi connectivity index (χ3n) is 0.809. The normalized spacial score (nSPS) is 13.2. The maximum atomic E-state index is 3.78. The Morgan fingerprint density at radius 1 is 1.60 bits per heavy atom. The van der Waals surface area contributed by atoms with Crippen molar-refractivity contribution in [3.05, 3.63) is 35.5 Å². The lowest BCUT2D eigenvalue weighted by molar-refractivity contribution is 1.62. The molecule has 0 saturated carbocycles. The minimum atomic E-state index is 1.04. The Morgan fingerprint density at radius 2 is 2.30 bits per heavy atom. The van der Waals surface area contributed by atoms with E-state index in [0.717, 1.165) is 4.48 Å². The molecule has 0 radical (unpaired) electrons. The van der Waals surface area contributed by atoms with E-state index in [1.165, 1.54) is 6.20 Å². The number of nitrogens with zero attached hydrogens (tertiary/aromatic N) is 1. The molecule has 0 spiro atoms. The van der Waals surface area contributed by atoms with Crippen molar-refractivity contribution in [1.82, 2.24) is 0 Å². The number of allylic oxidation sites excluding steroid dienone is 4. The van der Waals surface area contributed by atoms with Crippen molar-refractivity contribution in [3.8, 4) is 0 Å². The highest BCUT2D eigenvalue weighted by Crippen LogP contribution is 2.04. The number of hydrogen-bond donors (Lipinski definition) is 0. The Kier molecular flexibility index (Phi) is 6.08. The van der Waals surface area contributed by atoms with Gasteiger partial charge in [0.2, 0.25) is 0 Å². The maximum absolute atomic E-state index is 3.78. The highest BCUT2D eigenvalue weighted by molar-refractivity contribution is 9.11. The zero-order valence-corrected chi connectivity index (χ0v) is 7.51. The van der Waals surface area contributed by atoms with Crippen LogP contribution in [0.25, 0.3) is 0 Å². The molecule has 0 aliphatic heterocycles. The second kappa shape index (κ2) is 6.49. The molecule has 0 N–H and O–H groups in total. The average molecular weight is 200 g/mol.